The van der Waals surface area contributed by atoms with Crippen LogP contribution in [0, 0.1) is 6.92 Å². The lowest BCUT2D eigenvalue weighted by Gasteiger charge is -2.13. The zero-order chi connectivity index (χ0) is 26.2. The fraction of sp³-hybridized carbons (Fsp3) is 0.179. The van der Waals surface area contributed by atoms with E-state index in [0.29, 0.717) is 47.1 Å². The van der Waals surface area contributed by atoms with Crippen molar-refractivity contribution in [1.82, 2.24) is 19.7 Å². The molecule has 2 N–H and O–H groups in total. The van der Waals surface area contributed by atoms with E-state index in [1.54, 1.807) is 48.8 Å². The highest BCUT2D eigenvalue weighted by Gasteiger charge is 2.15. The van der Waals surface area contributed by atoms with Crippen LogP contribution in [0.1, 0.15) is 35.3 Å². The Labute approximate surface area is 214 Å². The molecule has 0 spiro atoms. The lowest BCUT2D eigenvalue weighted by Crippen LogP contribution is -2.23. The molecule has 9 heteroatoms. The predicted octanol–water partition coefficient (Wildman–Crippen LogP) is 4.74. The van der Waals surface area contributed by atoms with Gasteiger partial charge in [-0.1, -0.05) is 26.0 Å². The van der Waals surface area contributed by atoms with E-state index in [2.05, 4.69) is 25.6 Å². The number of hydrogen-bond acceptors (Lipinski definition) is 6. The maximum absolute atomic E-state index is 12.9. The molecule has 37 heavy (non-hydrogen) atoms. The number of rotatable bonds is 7. The molecule has 188 valence electrons. The van der Waals surface area contributed by atoms with Gasteiger partial charge in [0, 0.05) is 54.7 Å². The standard InChI is InChI=1S/C26H22N6O3.C2H6/c1-17-21(26(34)30-14-18-5-6-24-29-11-12-32(24)16-18)3-2-4-22(17)35-20-8-10-28-23(13-20)31-25(33)19-7-9-27-15-19;1-2/h2-8,10-13,15-16H,9,14H2,1H3,(H,30,34)(H,28,31,33);1-2H3. The van der Waals surface area contributed by atoms with Crippen LogP contribution in [-0.4, -0.2) is 38.9 Å². The first-order chi connectivity index (χ1) is 18.1. The zero-order valence-electron chi connectivity index (χ0n) is 20.9. The Morgan fingerprint density at radius 1 is 1.05 bits per heavy atom. The van der Waals surface area contributed by atoms with E-state index < -0.39 is 0 Å². The van der Waals surface area contributed by atoms with Crippen LogP contribution < -0.4 is 15.4 Å². The Hall–Kier alpha value is -4.79. The number of ether oxygens (including phenoxy) is 1. The second-order valence-electron chi connectivity index (χ2n) is 7.93. The Kier molecular flexibility index (Phi) is 8.05. The highest BCUT2D eigenvalue weighted by molar-refractivity contribution is 6.18. The molecule has 0 atom stereocenters. The average Bonchev–Trinajstić information content (AvgIpc) is 3.62. The molecule has 0 fully saturated rings. The van der Waals surface area contributed by atoms with Gasteiger partial charge in [0.15, 0.2) is 0 Å². The van der Waals surface area contributed by atoms with Crippen molar-refractivity contribution in [3.05, 3.63) is 95.6 Å². The summed E-state index contributed by atoms with van der Waals surface area (Å²) < 4.78 is 7.93. The van der Waals surface area contributed by atoms with Crippen LogP contribution in [-0.2, 0) is 11.3 Å². The second-order valence-corrected chi connectivity index (χ2v) is 7.93. The molecule has 0 aliphatic carbocycles. The van der Waals surface area contributed by atoms with Gasteiger partial charge in [0.05, 0.1) is 12.1 Å². The number of nitrogens with zero attached hydrogens (tertiary/aromatic N) is 4. The molecule has 0 bridgehead atoms. The Balaban J connectivity index is 0.00000156. The molecule has 5 rings (SSSR count). The van der Waals surface area contributed by atoms with E-state index in [9.17, 15) is 9.59 Å². The molecule has 4 heterocycles. The van der Waals surface area contributed by atoms with E-state index in [1.807, 2.05) is 49.7 Å². The number of carbonyl (C=O) groups excluding carboxylic acids is 2. The molecule has 0 saturated carbocycles. The Morgan fingerprint density at radius 2 is 1.92 bits per heavy atom. The number of amides is 2. The lowest BCUT2D eigenvalue weighted by atomic mass is 10.1. The monoisotopic (exact) mass is 496 g/mol. The van der Waals surface area contributed by atoms with Gasteiger partial charge >= 0.3 is 0 Å². The summed E-state index contributed by atoms with van der Waals surface area (Å²) >= 11 is 0. The number of fused-ring (bicyclic) bond motifs is 1. The quantitative estimate of drug-likeness (QED) is 0.384. The molecular weight excluding hydrogens is 468 g/mol. The first-order valence-electron chi connectivity index (χ1n) is 12.0. The molecule has 4 aromatic rings. The van der Waals surface area contributed by atoms with Crippen molar-refractivity contribution in [2.75, 3.05) is 11.9 Å². The van der Waals surface area contributed by atoms with Crippen molar-refractivity contribution in [1.29, 1.82) is 0 Å². The van der Waals surface area contributed by atoms with Crippen LogP contribution in [0.15, 0.2) is 83.9 Å². The topological polar surface area (TPSA) is 110 Å². The number of imidazole rings is 1. The molecular formula is C28H28N6O3. The van der Waals surface area contributed by atoms with Crippen LogP contribution in [0.2, 0.25) is 0 Å². The molecule has 3 aromatic heterocycles. The summed E-state index contributed by atoms with van der Waals surface area (Å²) in [5, 5.41) is 5.70. The van der Waals surface area contributed by atoms with Gasteiger partial charge in [0.1, 0.15) is 23.0 Å². The van der Waals surface area contributed by atoms with Crippen LogP contribution in [0.3, 0.4) is 0 Å². The first-order valence-corrected chi connectivity index (χ1v) is 12.0. The maximum Gasteiger partial charge on any atom is 0.258 e. The van der Waals surface area contributed by atoms with E-state index >= 15 is 0 Å². The number of hydrogen-bond donors (Lipinski definition) is 2. The van der Waals surface area contributed by atoms with Gasteiger partial charge < -0.3 is 19.8 Å². The zero-order valence-corrected chi connectivity index (χ0v) is 20.9. The van der Waals surface area contributed by atoms with Crippen molar-refractivity contribution < 1.29 is 14.3 Å². The number of benzene rings is 1. The molecule has 0 radical (unpaired) electrons. The third kappa shape index (κ3) is 6.07. The number of carbonyl (C=O) groups is 2. The summed E-state index contributed by atoms with van der Waals surface area (Å²) in [5.74, 6) is 0.895. The van der Waals surface area contributed by atoms with Crippen molar-refractivity contribution >= 4 is 29.5 Å². The number of aliphatic imine (C=N–C) groups is 1. The van der Waals surface area contributed by atoms with Crippen LogP contribution in [0.4, 0.5) is 5.82 Å². The van der Waals surface area contributed by atoms with Crippen molar-refractivity contribution in [2.24, 2.45) is 4.99 Å². The van der Waals surface area contributed by atoms with Gasteiger partial charge in [-0.25, -0.2) is 9.97 Å². The van der Waals surface area contributed by atoms with Crippen molar-refractivity contribution in [3.63, 3.8) is 0 Å². The number of anilines is 1. The van der Waals surface area contributed by atoms with Gasteiger partial charge in [-0.15, -0.1) is 0 Å². The number of nitrogens with one attached hydrogen (secondary N) is 2. The summed E-state index contributed by atoms with van der Waals surface area (Å²) in [7, 11) is 0. The van der Waals surface area contributed by atoms with Crippen LogP contribution >= 0.6 is 0 Å². The fourth-order valence-corrected chi connectivity index (χ4v) is 3.68. The molecule has 2 amide bonds. The summed E-state index contributed by atoms with van der Waals surface area (Å²) in [6.07, 6.45) is 10.4. The van der Waals surface area contributed by atoms with Crippen molar-refractivity contribution in [3.8, 4) is 11.5 Å². The molecule has 0 unspecified atom stereocenters. The fourth-order valence-electron chi connectivity index (χ4n) is 3.68. The minimum Gasteiger partial charge on any atom is -0.457 e. The third-order valence-electron chi connectivity index (χ3n) is 5.54. The van der Waals surface area contributed by atoms with E-state index in [1.165, 1.54) is 6.21 Å². The number of pyridine rings is 2. The normalized spacial score (nSPS) is 11.9. The van der Waals surface area contributed by atoms with Gasteiger partial charge in [-0.05, 0) is 42.8 Å². The first kappa shape index (κ1) is 25.3. The largest absolute Gasteiger partial charge is 0.457 e. The maximum atomic E-state index is 12.9. The lowest BCUT2D eigenvalue weighted by molar-refractivity contribution is -0.112. The van der Waals surface area contributed by atoms with Crippen LogP contribution in [0.5, 0.6) is 11.5 Å². The van der Waals surface area contributed by atoms with Gasteiger partial charge in [0.25, 0.3) is 11.8 Å². The summed E-state index contributed by atoms with van der Waals surface area (Å²) in [4.78, 5) is 37.6. The predicted molar refractivity (Wildman–Crippen MR) is 143 cm³/mol. The van der Waals surface area contributed by atoms with Crippen LogP contribution in [0.25, 0.3) is 5.65 Å². The van der Waals surface area contributed by atoms with E-state index in [0.717, 1.165) is 11.2 Å². The average molecular weight is 497 g/mol. The summed E-state index contributed by atoms with van der Waals surface area (Å²) in [5.41, 5.74) is 3.52. The van der Waals surface area contributed by atoms with Gasteiger partial charge in [-0.3, -0.25) is 14.6 Å². The molecule has 9 nitrogen and oxygen atoms in total. The Morgan fingerprint density at radius 3 is 2.73 bits per heavy atom. The smallest absolute Gasteiger partial charge is 0.258 e. The van der Waals surface area contributed by atoms with Gasteiger partial charge in [0.2, 0.25) is 0 Å². The van der Waals surface area contributed by atoms with E-state index in [4.69, 9.17) is 4.74 Å². The SMILES string of the molecule is CC.Cc1c(Oc2ccnc(NC(=O)C3=CCN=C3)c2)cccc1C(=O)NCc1ccc2nccn2c1. The number of aromatic nitrogens is 3. The van der Waals surface area contributed by atoms with Gasteiger partial charge in [-0.2, -0.15) is 0 Å². The second kappa shape index (κ2) is 11.8. The minimum absolute atomic E-state index is 0.201. The molecule has 1 aliphatic rings. The molecule has 0 saturated heterocycles. The summed E-state index contributed by atoms with van der Waals surface area (Å²) in [6, 6.07) is 12.5. The Bertz CT molecular complexity index is 1490. The summed E-state index contributed by atoms with van der Waals surface area (Å²) in [6.45, 7) is 6.71. The molecule has 1 aromatic carbocycles. The minimum atomic E-state index is -0.280. The third-order valence-corrected chi connectivity index (χ3v) is 5.54. The highest BCUT2D eigenvalue weighted by Crippen LogP contribution is 2.28. The highest BCUT2D eigenvalue weighted by atomic mass is 16.5. The van der Waals surface area contributed by atoms with Crippen molar-refractivity contribution in [2.45, 2.75) is 27.3 Å². The van der Waals surface area contributed by atoms with E-state index in [-0.39, 0.29) is 11.8 Å². The molecule has 1 aliphatic heterocycles.